The highest BCUT2D eigenvalue weighted by Crippen LogP contribution is 2.20. The molecule has 0 spiro atoms. The highest BCUT2D eigenvalue weighted by molar-refractivity contribution is 4.97. The Morgan fingerprint density at radius 2 is 1.20 bits per heavy atom. The fourth-order valence-corrected chi connectivity index (χ4v) is 3.47. The minimum absolute atomic E-state index is 0.0385. The molecule has 0 aliphatic carbocycles. The molecule has 0 aromatic carbocycles. The number of aliphatic hydroxyl groups excluding tert-OH is 6. The average Bonchev–Trinajstić information content (AvgIpc) is 2.89. The first kappa shape index (κ1) is 22.8. The van der Waals surface area contributed by atoms with Crippen molar-refractivity contribution in [1.29, 1.82) is 0 Å². The molecule has 1 aliphatic rings. The Morgan fingerprint density at radius 3 is 1.76 bits per heavy atom. The molecule has 7 heteroatoms. The molecule has 0 aromatic rings. The lowest BCUT2D eigenvalue weighted by Crippen LogP contribution is -2.36. The normalized spacial score (nSPS) is 29.0. The molecule has 1 saturated heterocycles. The van der Waals surface area contributed by atoms with Gasteiger partial charge in [0, 0.05) is 12.6 Å². The zero-order valence-electron chi connectivity index (χ0n) is 15.1. The summed E-state index contributed by atoms with van der Waals surface area (Å²) < 4.78 is 0. The number of nitrogens with one attached hydrogen (secondary N) is 1. The van der Waals surface area contributed by atoms with E-state index in [1.54, 1.807) is 0 Å². The lowest BCUT2D eigenvalue weighted by atomic mass is 10.00. The van der Waals surface area contributed by atoms with E-state index in [2.05, 4.69) is 5.32 Å². The number of rotatable bonds is 14. The molecule has 1 rings (SSSR count). The van der Waals surface area contributed by atoms with Crippen LogP contribution in [0.2, 0.25) is 0 Å². The summed E-state index contributed by atoms with van der Waals surface area (Å²) in [7, 11) is 0. The summed E-state index contributed by atoms with van der Waals surface area (Å²) in [5.74, 6) is 0. The summed E-state index contributed by atoms with van der Waals surface area (Å²) >= 11 is 0. The largest absolute Gasteiger partial charge is 0.396 e. The summed E-state index contributed by atoms with van der Waals surface area (Å²) in [6, 6.07) is -0.582. The van der Waals surface area contributed by atoms with Gasteiger partial charge < -0.3 is 36.0 Å². The van der Waals surface area contributed by atoms with Crippen LogP contribution >= 0.6 is 0 Å². The Balaban J connectivity index is 1.97. The SMILES string of the molecule is OCCCC(O)C(O)CCCCCCCC[C@H]1N[C@H](CO)[C@@H](O)[C@@H]1O. The Bertz CT molecular complexity index is 333. The number of hydrogen-bond donors (Lipinski definition) is 7. The number of unbranched alkanes of at least 4 members (excludes halogenated alkanes) is 5. The van der Waals surface area contributed by atoms with Gasteiger partial charge >= 0.3 is 0 Å². The van der Waals surface area contributed by atoms with Crippen molar-refractivity contribution < 1.29 is 30.6 Å². The predicted molar refractivity (Wildman–Crippen MR) is 95.1 cm³/mol. The van der Waals surface area contributed by atoms with Crippen molar-refractivity contribution in [1.82, 2.24) is 5.32 Å². The topological polar surface area (TPSA) is 133 Å². The van der Waals surface area contributed by atoms with Crippen LogP contribution in [0.15, 0.2) is 0 Å². The van der Waals surface area contributed by atoms with Crippen molar-refractivity contribution in [2.24, 2.45) is 0 Å². The Morgan fingerprint density at radius 1 is 0.680 bits per heavy atom. The third-order valence-corrected chi connectivity index (χ3v) is 5.17. The number of aliphatic hydroxyl groups is 6. The van der Waals surface area contributed by atoms with E-state index in [4.69, 9.17) is 10.2 Å². The van der Waals surface area contributed by atoms with Gasteiger partial charge in [-0.3, -0.25) is 0 Å². The van der Waals surface area contributed by atoms with Gasteiger partial charge in [-0.05, 0) is 25.7 Å². The van der Waals surface area contributed by atoms with Crippen molar-refractivity contribution in [2.45, 2.75) is 101 Å². The van der Waals surface area contributed by atoms with Crippen LogP contribution in [0.1, 0.15) is 64.2 Å². The highest BCUT2D eigenvalue weighted by atomic mass is 16.3. The van der Waals surface area contributed by atoms with Gasteiger partial charge in [0.1, 0.15) is 0 Å². The minimum atomic E-state index is -0.894. The van der Waals surface area contributed by atoms with Gasteiger partial charge in [0.2, 0.25) is 0 Å². The van der Waals surface area contributed by atoms with Crippen molar-refractivity contribution in [2.75, 3.05) is 13.2 Å². The molecule has 0 radical (unpaired) electrons. The zero-order chi connectivity index (χ0) is 18.7. The summed E-state index contributed by atoms with van der Waals surface area (Å²) in [6.45, 7) is -0.133. The second kappa shape index (κ2) is 13.0. The van der Waals surface area contributed by atoms with E-state index in [-0.39, 0.29) is 19.3 Å². The number of hydrogen-bond acceptors (Lipinski definition) is 7. The van der Waals surface area contributed by atoms with E-state index in [0.717, 1.165) is 44.9 Å². The summed E-state index contributed by atoms with van der Waals surface area (Å²) in [6.07, 6.45) is 5.23. The van der Waals surface area contributed by atoms with Crippen LogP contribution in [0.5, 0.6) is 0 Å². The van der Waals surface area contributed by atoms with Crippen LogP contribution in [0.4, 0.5) is 0 Å². The molecule has 1 fully saturated rings. The second-order valence-electron chi connectivity index (χ2n) is 7.24. The third-order valence-electron chi connectivity index (χ3n) is 5.17. The van der Waals surface area contributed by atoms with Crippen molar-refractivity contribution in [3.63, 3.8) is 0 Å². The molecule has 0 saturated carbocycles. The zero-order valence-corrected chi connectivity index (χ0v) is 15.1. The van der Waals surface area contributed by atoms with E-state index in [1.807, 2.05) is 0 Å². The third kappa shape index (κ3) is 8.30. The van der Waals surface area contributed by atoms with E-state index >= 15 is 0 Å². The molecular weight excluding hydrogens is 326 g/mol. The van der Waals surface area contributed by atoms with Gasteiger partial charge in [0.15, 0.2) is 0 Å². The minimum Gasteiger partial charge on any atom is -0.396 e. The van der Waals surface area contributed by atoms with Gasteiger partial charge in [-0.1, -0.05) is 38.5 Å². The Labute approximate surface area is 150 Å². The van der Waals surface area contributed by atoms with Gasteiger partial charge in [0.25, 0.3) is 0 Å². The molecule has 1 aliphatic heterocycles. The van der Waals surface area contributed by atoms with Crippen molar-refractivity contribution in [3.8, 4) is 0 Å². The van der Waals surface area contributed by atoms with Crippen LogP contribution in [0, 0.1) is 0 Å². The average molecular weight is 363 g/mol. The molecule has 7 N–H and O–H groups in total. The van der Waals surface area contributed by atoms with E-state index in [1.165, 1.54) is 0 Å². The predicted octanol–water partition coefficient (Wildman–Crippen LogP) is -0.344. The monoisotopic (exact) mass is 363 g/mol. The van der Waals surface area contributed by atoms with E-state index in [9.17, 15) is 20.4 Å². The van der Waals surface area contributed by atoms with Crippen LogP contribution in [0.25, 0.3) is 0 Å². The van der Waals surface area contributed by atoms with Crippen LogP contribution in [-0.2, 0) is 0 Å². The molecule has 150 valence electrons. The second-order valence-corrected chi connectivity index (χ2v) is 7.24. The van der Waals surface area contributed by atoms with Gasteiger partial charge in [-0.2, -0.15) is 0 Å². The molecule has 25 heavy (non-hydrogen) atoms. The maximum absolute atomic E-state index is 9.90. The Kier molecular flexibility index (Phi) is 11.8. The lowest BCUT2D eigenvalue weighted by molar-refractivity contribution is 0.00522. The summed E-state index contributed by atoms with van der Waals surface area (Å²) in [5, 5.41) is 60.0. The first-order valence-electron chi connectivity index (χ1n) is 9.71. The first-order chi connectivity index (χ1) is 12.0. The maximum atomic E-state index is 9.90. The molecule has 0 amide bonds. The fourth-order valence-electron chi connectivity index (χ4n) is 3.47. The Hall–Kier alpha value is -0.280. The molecule has 7 nitrogen and oxygen atoms in total. The summed E-state index contributed by atoms with van der Waals surface area (Å²) in [5.41, 5.74) is 0. The molecule has 0 aromatic heterocycles. The maximum Gasteiger partial charge on any atom is 0.0989 e. The van der Waals surface area contributed by atoms with Crippen LogP contribution in [-0.4, -0.2) is 80.4 Å². The van der Waals surface area contributed by atoms with Crippen molar-refractivity contribution in [3.05, 3.63) is 0 Å². The molecule has 0 bridgehead atoms. The van der Waals surface area contributed by atoms with Crippen LogP contribution in [0.3, 0.4) is 0 Å². The highest BCUT2D eigenvalue weighted by Gasteiger charge is 2.39. The van der Waals surface area contributed by atoms with E-state index < -0.39 is 30.5 Å². The fraction of sp³-hybridized carbons (Fsp3) is 1.00. The molecule has 6 atom stereocenters. The van der Waals surface area contributed by atoms with Gasteiger partial charge in [-0.25, -0.2) is 0 Å². The lowest BCUT2D eigenvalue weighted by Gasteiger charge is -2.17. The molecule has 2 unspecified atom stereocenters. The standard InChI is InChI=1S/C18H37NO6/c20-11-7-10-16(23)15(22)9-6-4-2-1-3-5-8-13-17(24)18(25)14(12-21)19-13/h13-25H,1-12H2/t13-,14-,15?,16?,17-,18-/m1/s1. The quantitative estimate of drug-likeness (QED) is 0.210. The van der Waals surface area contributed by atoms with Gasteiger partial charge in [-0.15, -0.1) is 0 Å². The molecule has 1 heterocycles. The first-order valence-corrected chi connectivity index (χ1v) is 9.71. The van der Waals surface area contributed by atoms with Crippen LogP contribution < -0.4 is 5.32 Å². The smallest absolute Gasteiger partial charge is 0.0989 e. The van der Waals surface area contributed by atoms with Gasteiger partial charge in [0.05, 0.1) is 37.1 Å². The van der Waals surface area contributed by atoms with Crippen molar-refractivity contribution >= 4 is 0 Å². The molecular formula is C18H37NO6. The summed E-state index contributed by atoms with van der Waals surface area (Å²) in [4.78, 5) is 0. The van der Waals surface area contributed by atoms with E-state index in [0.29, 0.717) is 19.3 Å².